The van der Waals surface area contributed by atoms with Gasteiger partial charge in [0, 0.05) is 31.9 Å². The molecule has 3 aliphatic rings. The first-order valence-electron chi connectivity index (χ1n) is 9.23. The summed E-state index contributed by atoms with van der Waals surface area (Å²) < 4.78 is 27.3. The van der Waals surface area contributed by atoms with Crippen molar-refractivity contribution in [3.05, 3.63) is 23.8 Å². The summed E-state index contributed by atoms with van der Waals surface area (Å²) in [5.41, 5.74) is 2.44. The van der Waals surface area contributed by atoms with Gasteiger partial charge in [0.25, 0.3) is 0 Å². The van der Waals surface area contributed by atoms with Crippen molar-refractivity contribution in [2.75, 3.05) is 44.2 Å². The molecule has 0 radical (unpaired) electrons. The molecule has 3 heterocycles. The van der Waals surface area contributed by atoms with Gasteiger partial charge in [-0.2, -0.15) is 4.31 Å². The van der Waals surface area contributed by atoms with Crippen molar-refractivity contribution in [1.29, 1.82) is 0 Å². The lowest BCUT2D eigenvalue weighted by Gasteiger charge is -2.29. The molecule has 0 saturated carbocycles. The molecule has 24 heavy (non-hydrogen) atoms. The molecule has 2 fully saturated rings. The van der Waals surface area contributed by atoms with Crippen LogP contribution in [0.25, 0.3) is 0 Å². The predicted octanol–water partition coefficient (Wildman–Crippen LogP) is 1.83. The van der Waals surface area contributed by atoms with Gasteiger partial charge in [-0.25, -0.2) is 8.42 Å². The highest BCUT2D eigenvalue weighted by Crippen LogP contribution is 2.33. The van der Waals surface area contributed by atoms with Crippen molar-refractivity contribution < 1.29 is 8.42 Å². The molecule has 0 aromatic heterocycles. The molecule has 132 valence electrons. The predicted molar refractivity (Wildman–Crippen MR) is 95.9 cm³/mol. The molecule has 4 rings (SSSR count). The average Bonchev–Trinajstić information content (AvgIpc) is 3.26. The summed E-state index contributed by atoms with van der Waals surface area (Å²) in [5.74, 6) is 0.719. The molecule has 0 spiro atoms. The lowest BCUT2D eigenvalue weighted by atomic mass is 9.97. The highest BCUT2D eigenvalue weighted by Gasteiger charge is 2.30. The Hall–Kier alpha value is -1.11. The van der Waals surface area contributed by atoms with Crippen molar-refractivity contribution in [2.45, 2.75) is 37.0 Å². The largest absolute Gasteiger partial charge is 0.371 e. The number of anilines is 1. The highest BCUT2D eigenvalue weighted by atomic mass is 32.2. The fourth-order valence-corrected chi connectivity index (χ4v) is 5.77. The first kappa shape index (κ1) is 16.4. The second-order valence-electron chi connectivity index (χ2n) is 7.29. The number of rotatable bonds is 4. The number of hydrogen-bond donors (Lipinski definition) is 1. The molecular formula is C18H27N3O2S. The first-order valence-corrected chi connectivity index (χ1v) is 10.7. The standard InChI is InChI=1S/C18H27N3O2S/c22-24(23,21-10-1-2-11-21)17-4-3-16-7-12-20(18(16)13-17)14-15-5-8-19-9-6-15/h3-4,13,15,19H,1-2,5-12,14H2. The quantitative estimate of drug-likeness (QED) is 0.901. The average molecular weight is 350 g/mol. The van der Waals surface area contributed by atoms with Crippen LogP contribution in [-0.2, 0) is 16.4 Å². The summed E-state index contributed by atoms with van der Waals surface area (Å²) in [7, 11) is -3.32. The second kappa shape index (κ2) is 6.65. The Morgan fingerprint density at radius 1 is 1.08 bits per heavy atom. The van der Waals surface area contributed by atoms with Crippen LogP contribution in [0.4, 0.5) is 5.69 Å². The number of hydrogen-bond acceptors (Lipinski definition) is 4. The van der Waals surface area contributed by atoms with E-state index in [4.69, 9.17) is 0 Å². The third-order valence-corrected chi connectivity index (χ3v) is 7.58. The van der Waals surface area contributed by atoms with Crippen LogP contribution >= 0.6 is 0 Å². The molecule has 0 aliphatic carbocycles. The third kappa shape index (κ3) is 3.07. The van der Waals surface area contributed by atoms with Crippen LogP contribution in [0.3, 0.4) is 0 Å². The van der Waals surface area contributed by atoms with Crippen molar-refractivity contribution in [3.8, 4) is 0 Å². The summed E-state index contributed by atoms with van der Waals surface area (Å²) in [6, 6.07) is 5.76. The Kier molecular flexibility index (Phi) is 4.54. The molecule has 1 aromatic carbocycles. The molecule has 6 heteroatoms. The summed E-state index contributed by atoms with van der Waals surface area (Å²) >= 11 is 0. The fraction of sp³-hybridized carbons (Fsp3) is 0.667. The monoisotopic (exact) mass is 349 g/mol. The van der Waals surface area contributed by atoms with Crippen LogP contribution < -0.4 is 10.2 Å². The zero-order chi connectivity index (χ0) is 16.6. The van der Waals surface area contributed by atoms with E-state index in [0.29, 0.717) is 18.0 Å². The molecule has 0 bridgehead atoms. The van der Waals surface area contributed by atoms with Crippen molar-refractivity contribution in [2.24, 2.45) is 5.92 Å². The number of nitrogens with zero attached hydrogens (tertiary/aromatic N) is 2. The Morgan fingerprint density at radius 2 is 1.83 bits per heavy atom. The topological polar surface area (TPSA) is 52.7 Å². The van der Waals surface area contributed by atoms with Crippen LogP contribution in [-0.4, -0.2) is 52.0 Å². The van der Waals surface area contributed by atoms with Gasteiger partial charge in [0.2, 0.25) is 10.0 Å². The minimum absolute atomic E-state index is 0.473. The Balaban J connectivity index is 1.56. The third-order valence-electron chi connectivity index (χ3n) is 5.69. The van der Waals surface area contributed by atoms with E-state index in [1.807, 2.05) is 12.1 Å². The van der Waals surface area contributed by atoms with Gasteiger partial charge >= 0.3 is 0 Å². The van der Waals surface area contributed by atoms with Crippen molar-refractivity contribution in [3.63, 3.8) is 0 Å². The lowest BCUT2D eigenvalue weighted by Crippen LogP contribution is -2.35. The minimum Gasteiger partial charge on any atom is -0.371 e. The number of nitrogens with one attached hydrogen (secondary N) is 1. The van der Waals surface area contributed by atoms with E-state index in [1.54, 1.807) is 10.4 Å². The van der Waals surface area contributed by atoms with Gasteiger partial charge in [-0.05, 0) is 68.8 Å². The lowest BCUT2D eigenvalue weighted by molar-refractivity contribution is 0.375. The normalized spacial score (nSPS) is 22.9. The van der Waals surface area contributed by atoms with E-state index in [0.717, 1.165) is 57.0 Å². The molecule has 1 aromatic rings. The van der Waals surface area contributed by atoms with Crippen LogP contribution in [0.1, 0.15) is 31.2 Å². The maximum atomic E-state index is 12.8. The van der Waals surface area contributed by atoms with Gasteiger partial charge in [-0.1, -0.05) is 6.07 Å². The Bertz CT molecular complexity index is 692. The van der Waals surface area contributed by atoms with Gasteiger partial charge < -0.3 is 10.2 Å². The van der Waals surface area contributed by atoms with Crippen LogP contribution in [0, 0.1) is 5.92 Å². The van der Waals surface area contributed by atoms with Crippen LogP contribution in [0.15, 0.2) is 23.1 Å². The zero-order valence-corrected chi connectivity index (χ0v) is 15.0. The molecule has 1 N–H and O–H groups in total. The van der Waals surface area contributed by atoms with Gasteiger partial charge in [0.05, 0.1) is 4.90 Å². The Labute approximate surface area is 145 Å². The maximum absolute atomic E-state index is 12.8. The van der Waals surface area contributed by atoms with Crippen molar-refractivity contribution >= 4 is 15.7 Å². The highest BCUT2D eigenvalue weighted by molar-refractivity contribution is 7.89. The first-order chi connectivity index (χ1) is 11.6. The van der Waals surface area contributed by atoms with Gasteiger partial charge in [0.15, 0.2) is 0 Å². The maximum Gasteiger partial charge on any atom is 0.243 e. The Morgan fingerprint density at radius 3 is 2.58 bits per heavy atom. The molecule has 5 nitrogen and oxygen atoms in total. The zero-order valence-electron chi connectivity index (χ0n) is 14.2. The smallest absolute Gasteiger partial charge is 0.243 e. The minimum atomic E-state index is -3.32. The summed E-state index contributed by atoms with van der Waals surface area (Å²) in [6.45, 7) is 5.62. The van der Waals surface area contributed by atoms with Gasteiger partial charge in [0.1, 0.15) is 0 Å². The van der Waals surface area contributed by atoms with Crippen LogP contribution in [0.2, 0.25) is 0 Å². The van der Waals surface area contributed by atoms with Crippen LogP contribution in [0.5, 0.6) is 0 Å². The number of fused-ring (bicyclic) bond motifs is 1. The molecule has 0 atom stereocenters. The summed E-state index contributed by atoms with van der Waals surface area (Å²) in [4.78, 5) is 2.88. The summed E-state index contributed by atoms with van der Waals surface area (Å²) in [6.07, 6.45) is 5.43. The fourth-order valence-electron chi connectivity index (χ4n) is 4.23. The van der Waals surface area contributed by atoms with Crippen molar-refractivity contribution in [1.82, 2.24) is 9.62 Å². The number of benzene rings is 1. The number of sulfonamides is 1. The van der Waals surface area contributed by atoms with E-state index in [1.165, 1.54) is 18.4 Å². The van der Waals surface area contributed by atoms with Gasteiger partial charge in [-0.15, -0.1) is 0 Å². The molecular weight excluding hydrogens is 322 g/mol. The SMILES string of the molecule is O=S(=O)(c1ccc2c(c1)N(CC1CCNCC1)CC2)N1CCCC1. The molecule has 0 unspecified atom stereocenters. The molecule has 3 aliphatic heterocycles. The molecule has 2 saturated heterocycles. The van der Waals surface area contributed by atoms with E-state index in [-0.39, 0.29) is 0 Å². The van der Waals surface area contributed by atoms with E-state index in [2.05, 4.69) is 10.2 Å². The van der Waals surface area contributed by atoms with E-state index >= 15 is 0 Å². The van der Waals surface area contributed by atoms with Gasteiger partial charge in [-0.3, -0.25) is 0 Å². The summed E-state index contributed by atoms with van der Waals surface area (Å²) in [5, 5.41) is 3.42. The van der Waals surface area contributed by atoms with E-state index in [9.17, 15) is 8.42 Å². The molecule has 0 amide bonds. The second-order valence-corrected chi connectivity index (χ2v) is 9.23. The number of piperidine rings is 1. The van der Waals surface area contributed by atoms with E-state index < -0.39 is 10.0 Å².